The van der Waals surface area contributed by atoms with Crippen LogP contribution in [0, 0.1) is 5.41 Å². The number of hydrogen-bond donors (Lipinski definition) is 2. The van der Waals surface area contributed by atoms with Crippen molar-refractivity contribution in [3.63, 3.8) is 0 Å². The quantitative estimate of drug-likeness (QED) is 0.604. The molecular weight excluding hydrogens is 256 g/mol. The smallest absolute Gasteiger partial charge is 0.303 e. The highest BCUT2D eigenvalue weighted by Gasteiger charge is 2.24. The number of rotatable bonds is 10. The van der Waals surface area contributed by atoms with E-state index in [1.807, 2.05) is 0 Å². The molecule has 0 heterocycles. The van der Waals surface area contributed by atoms with Gasteiger partial charge in [-0.1, -0.05) is 13.8 Å². The van der Waals surface area contributed by atoms with Crippen LogP contribution in [0.15, 0.2) is 0 Å². The van der Waals surface area contributed by atoms with Crippen LogP contribution in [-0.4, -0.2) is 48.1 Å². The van der Waals surface area contributed by atoms with Crippen LogP contribution in [0.25, 0.3) is 0 Å². The number of amides is 1. The van der Waals surface area contributed by atoms with E-state index in [1.54, 1.807) is 13.8 Å². The molecule has 0 bridgehead atoms. The van der Waals surface area contributed by atoms with Crippen LogP contribution in [0.2, 0.25) is 0 Å². The molecule has 0 aliphatic carbocycles. The van der Waals surface area contributed by atoms with Gasteiger partial charge in [-0.2, -0.15) is 0 Å². The highest BCUT2D eigenvalue weighted by atomic mass is 16.4. The summed E-state index contributed by atoms with van der Waals surface area (Å²) < 4.78 is 0. The summed E-state index contributed by atoms with van der Waals surface area (Å²) in [7, 11) is 2.09. The number of carboxylic acids is 1. The maximum absolute atomic E-state index is 11.7. The van der Waals surface area contributed by atoms with E-state index < -0.39 is 11.4 Å². The van der Waals surface area contributed by atoms with Crippen LogP contribution < -0.4 is 5.32 Å². The number of unbranched alkanes of at least 4 members (excludes halogenated alkanes) is 1. The van der Waals surface area contributed by atoms with Gasteiger partial charge >= 0.3 is 5.97 Å². The Morgan fingerprint density at radius 3 is 2.30 bits per heavy atom. The van der Waals surface area contributed by atoms with Crippen molar-refractivity contribution in [3.05, 3.63) is 0 Å². The summed E-state index contributed by atoms with van der Waals surface area (Å²) in [6.07, 6.45) is 2.26. The number of nitrogens with zero attached hydrogens (tertiary/aromatic N) is 1. The van der Waals surface area contributed by atoms with Crippen molar-refractivity contribution in [1.82, 2.24) is 10.2 Å². The summed E-state index contributed by atoms with van der Waals surface area (Å²) in [6, 6.07) is 0.543. The van der Waals surface area contributed by atoms with Crippen LogP contribution in [-0.2, 0) is 9.59 Å². The zero-order valence-corrected chi connectivity index (χ0v) is 13.5. The highest BCUT2D eigenvalue weighted by Crippen LogP contribution is 2.24. The van der Waals surface area contributed by atoms with Gasteiger partial charge in [-0.3, -0.25) is 9.59 Å². The fourth-order valence-electron chi connectivity index (χ4n) is 1.94. The molecule has 2 N–H and O–H groups in total. The predicted octanol–water partition coefficient (Wildman–Crippen LogP) is 2.11. The van der Waals surface area contributed by atoms with E-state index in [4.69, 9.17) is 5.11 Å². The Bertz CT molecular complexity index is 314. The second-order valence-corrected chi connectivity index (χ2v) is 6.54. The summed E-state index contributed by atoms with van der Waals surface area (Å²) in [5.74, 6) is -0.923. The second kappa shape index (κ2) is 8.95. The van der Waals surface area contributed by atoms with E-state index in [2.05, 4.69) is 31.1 Å². The maximum Gasteiger partial charge on any atom is 0.303 e. The van der Waals surface area contributed by atoms with E-state index in [0.29, 0.717) is 12.6 Å². The molecule has 0 unspecified atom stereocenters. The molecule has 0 radical (unpaired) electrons. The van der Waals surface area contributed by atoms with Crippen molar-refractivity contribution >= 4 is 11.9 Å². The van der Waals surface area contributed by atoms with Gasteiger partial charge in [-0.25, -0.2) is 0 Å². The minimum Gasteiger partial charge on any atom is -0.481 e. The molecule has 0 aromatic heterocycles. The van der Waals surface area contributed by atoms with E-state index in [0.717, 1.165) is 19.4 Å². The molecule has 1 amide bonds. The van der Waals surface area contributed by atoms with E-state index in [9.17, 15) is 9.59 Å². The number of carboxylic acid groups (broad SMARTS) is 1. The number of aliphatic carboxylic acids is 1. The summed E-state index contributed by atoms with van der Waals surface area (Å²) in [4.78, 5) is 24.7. The summed E-state index contributed by atoms with van der Waals surface area (Å²) in [6.45, 7) is 9.61. The van der Waals surface area contributed by atoms with Crippen LogP contribution in [0.3, 0.4) is 0 Å². The Hall–Kier alpha value is -1.10. The largest absolute Gasteiger partial charge is 0.481 e. The lowest BCUT2D eigenvalue weighted by atomic mass is 9.85. The SMILES string of the molecule is CC(C)N(C)CCCCNC(=O)CC(C)(C)CC(=O)O. The molecule has 0 saturated carbocycles. The fraction of sp³-hybridized carbons (Fsp3) is 0.867. The summed E-state index contributed by atoms with van der Waals surface area (Å²) in [5.41, 5.74) is -0.492. The number of carbonyl (C=O) groups is 2. The summed E-state index contributed by atoms with van der Waals surface area (Å²) in [5, 5.41) is 11.6. The van der Waals surface area contributed by atoms with Gasteiger partial charge in [0.1, 0.15) is 0 Å². The number of nitrogens with one attached hydrogen (secondary N) is 1. The molecule has 0 atom stereocenters. The van der Waals surface area contributed by atoms with Gasteiger partial charge < -0.3 is 15.3 Å². The first kappa shape index (κ1) is 18.9. The lowest BCUT2D eigenvalue weighted by Crippen LogP contribution is -2.31. The average molecular weight is 286 g/mol. The molecule has 0 saturated heterocycles. The van der Waals surface area contributed by atoms with Gasteiger partial charge in [0.2, 0.25) is 5.91 Å². The minimum absolute atomic E-state index is 0.0135. The van der Waals surface area contributed by atoms with Gasteiger partial charge in [-0.05, 0) is 45.7 Å². The van der Waals surface area contributed by atoms with Crippen molar-refractivity contribution in [2.75, 3.05) is 20.1 Å². The van der Waals surface area contributed by atoms with Crippen molar-refractivity contribution in [2.24, 2.45) is 5.41 Å². The lowest BCUT2D eigenvalue weighted by Gasteiger charge is -2.22. The zero-order valence-electron chi connectivity index (χ0n) is 13.5. The molecule has 0 fully saturated rings. The third-order valence-corrected chi connectivity index (χ3v) is 3.41. The van der Waals surface area contributed by atoms with E-state index in [1.165, 1.54) is 0 Å². The zero-order chi connectivity index (χ0) is 15.8. The van der Waals surface area contributed by atoms with Crippen molar-refractivity contribution in [3.8, 4) is 0 Å². The molecule has 0 aromatic carbocycles. The molecule has 5 heteroatoms. The highest BCUT2D eigenvalue weighted by molar-refractivity contribution is 5.77. The molecule has 0 aromatic rings. The molecule has 20 heavy (non-hydrogen) atoms. The fourth-order valence-corrected chi connectivity index (χ4v) is 1.94. The van der Waals surface area contributed by atoms with Crippen molar-refractivity contribution < 1.29 is 14.7 Å². The standard InChI is InChI=1S/C15H30N2O3/c1-12(2)17(5)9-7-6-8-16-13(18)10-15(3,4)11-14(19)20/h12H,6-11H2,1-5H3,(H,16,18)(H,19,20). The third-order valence-electron chi connectivity index (χ3n) is 3.41. The molecule has 0 rings (SSSR count). The number of hydrogen-bond acceptors (Lipinski definition) is 3. The van der Waals surface area contributed by atoms with Gasteiger partial charge in [0, 0.05) is 19.0 Å². The van der Waals surface area contributed by atoms with Gasteiger partial charge in [0.25, 0.3) is 0 Å². The predicted molar refractivity (Wildman–Crippen MR) is 80.7 cm³/mol. The Morgan fingerprint density at radius 1 is 1.20 bits per heavy atom. The molecule has 0 aliphatic rings. The monoisotopic (exact) mass is 286 g/mol. The Balaban J connectivity index is 3.76. The molecule has 0 aliphatic heterocycles. The Morgan fingerprint density at radius 2 is 1.80 bits per heavy atom. The first-order valence-corrected chi connectivity index (χ1v) is 7.33. The van der Waals surface area contributed by atoms with Crippen LogP contribution in [0.4, 0.5) is 0 Å². The number of carbonyl (C=O) groups excluding carboxylic acids is 1. The van der Waals surface area contributed by atoms with Gasteiger partial charge in [-0.15, -0.1) is 0 Å². The molecule has 5 nitrogen and oxygen atoms in total. The first-order valence-electron chi connectivity index (χ1n) is 7.33. The Labute approximate surface area is 122 Å². The van der Waals surface area contributed by atoms with Gasteiger partial charge in [0.15, 0.2) is 0 Å². The summed E-state index contributed by atoms with van der Waals surface area (Å²) >= 11 is 0. The molecule has 118 valence electrons. The average Bonchev–Trinajstić information content (AvgIpc) is 2.25. The van der Waals surface area contributed by atoms with E-state index >= 15 is 0 Å². The van der Waals surface area contributed by atoms with E-state index in [-0.39, 0.29) is 18.7 Å². The van der Waals surface area contributed by atoms with Crippen LogP contribution in [0.1, 0.15) is 53.4 Å². The minimum atomic E-state index is -0.862. The van der Waals surface area contributed by atoms with Crippen LogP contribution in [0.5, 0.6) is 0 Å². The van der Waals surface area contributed by atoms with Crippen LogP contribution >= 0.6 is 0 Å². The third kappa shape index (κ3) is 9.78. The molecule has 0 spiro atoms. The topological polar surface area (TPSA) is 69.6 Å². The first-order chi connectivity index (χ1) is 9.14. The normalized spacial score (nSPS) is 11.9. The van der Waals surface area contributed by atoms with Crippen molar-refractivity contribution in [2.45, 2.75) is 59.4 Å². The maximum atomic E-state index is 11.7. The van der Waals surface area contributed by atoms with Crippen molar-refractivity contribution in [1.29, 1.82) is 0 Å². The van der Waals surface area contributed by atoms with Gasteiger partial charge in [0.05, 0.1) is 6.42 Å². The lowest BCUT2D eigenvalue weighted by molar-refractivity contribution is -0.139. The second-order valence-electron chi connectivity index (χ2n) is 6.54. The Kier molecular flexibility index (Phi) is 8.46. The molecular formula is C15H30N2O3.